The van der Waals surface area contributed by atoms with E-state index in [1.165, 1.54) is 16.0 Å². The average molecular weight is 385 g/mol. The first kappa shape index (κ1) is 16.6. The Bertz CT molecular complexity index is 1070. The van der Waals surface area contributed by atoms with Gasteiger partial charge in [0.05, 0.1) is 36.2 Å². The number of thiophene rings is 1. The third kappa shape index (κ3) is 2.78. The number of nitrogens with zero attached hydrogens (tertiary/aromatic N) is 4. The number of ether oxygens (including phenoxy) is 1. The topological polar surface area (TPSA) is 93.1 Å². The maximum atomic E-state index is 13.1. The summed E-state index contributed by atoms with van der Waals surface area (Å²) in [6.45, 7) is 4.71. The molecule has 2 unspecified atom stereocenters. The summed E-state index contributed by atoms with van der Waals surface area (Å²) >= 11 is 1.35. The van der Waals surface area contributed by atoms with Gasteiger partial charge in [-0.3, -0.25) is 14.6 Å². The van der Waals surface area contributed by atoms with Gasteiger partial charge in [0.2, 0.25) is 5.95 Å². The molecule has 9 heteroatoms. The number of carbonyl (C=O) groups excluding carboxylic acids is 1. The quantitative estimate of drug-likeness (QED) is 0.723. The molecule has 3 aromatic rings. The molecular weight excluding hydrogens is 366 g/mol. The first-order chi connectivity index (χ1) is 13.1. The molecule has 140 valence electrons. The number of piperidine rings is 1. The molecule has 2 saturated heterocycles. The summed E-state index contributed by atoms with van der Waals surface area (Å²) in [7, 11) is 0. The van der Waals surface area contributed by atoms with E-state index in [9.17, 15) is 9.59 Å². The lowest BCUT2D eigenvalue weighted by molar-refractivity contribution is -0.0338. The second-order valence-electron chi connectivity index (χ2n) is 7.30. The smallest absolute Gasteiger partial charge is 0.270 e. The Labute approximate surface area is 158 Å². The summed E-state index contributed by atoms with van der Waals surface area (Å²) in [5, 5.41) is 6.15. The molecule has 3 aromatic heterocycles. The van der Waals surface area contributed by atoms with Crippen molar-refractivity contribution in [3.05, 3.63) is 39.3 Å². The lowest BCUT2D eigenvalue weighted by Gasteiger charge is -2.41. The van der Waals surface area contributed by atoms with Crippen LogP contribution in [-0.2, 0) is 4.74 Å². The predicted molar refractivity (Wildman–Crippen MR) is 100 cm³/mol. The highest BCUT2D eigenvalue weighted by Crippen LogP contribution is 2.28. The fraction of sp³-hybridized carbons (Fsp3) is 0.444. The van der Waals surface area contributed by atoms with E-state index in [4.69, 9.17) is 4.74 Å². The average Bonchev–Trinajstić information content (AvgIpc) is 3.27. The summed E-state index contributed by atoms with van der Waals surface area (Å²) < 4.78 is 7.71. The Morgan fingerprint density at radius 2 is 2.11 bits per heavy atom. The summed E-state index contributed by atoms with van der Waals surface area (Å²) in [4.78, 5) is 34.5. The van der Waals surface area contributed by atoms with E-state index in [1.54, 1.807) is 12.3 Å². The zero-order valence-corrected chi connectivity index (χ0v) is 15.7. The maximum Gasteiger partial charge on any atom is 0.270 e. The van der Waals surface area contributed by atoms with Gasteiger partial charge in [-0.25, -0.2) is 9.67 Å². The fourth-order valence-electron chi connectivity index (χ4n) is 4.09. The van der Waals surface area contributed by atoms with E-state index in [0.29, 0.717) is 39.3 Å². The maximum absolute atomic E-state index is 13.1. The van der Waals surface area contributed by atoms with Crippen LogP contribution in [-0.4, -0.2) is 56.9 Å². The molecule has 1 N–H and O–H groups in total. The van der Waals surface area contributed by atoms with Crippen LogP contribution in [0.2, 0.25) is 0 Å². The molecule has 1 amide bonds. The Hall–Kier alpha value is -2.52. The zero-order valence-electron chi connectivity index (χ0n) is 14.8. The van der Waals surface area contributed by atoms with Crippen LogP contribution in [0.1, 0.15) is 22.5 Å². The largest absolute Gasteiger partial charge is 0.381 e. The lowest BCUT2D eigenvalue weighted by atomic mass is 9.88. The van der Waals surface area contributed by atoms with Crippen LogP contribution in [0.5, 0.6) is 0 Å². The van der Waals surface area contributed by atoms with Gasteiger partial charge in [0.15, 0.2) is 0 Å². The van der Waals surface area contributed by atoms with Crippen molar-refractivity contribution in [1.29, 1.82) is 0 Å². The first-order valence-corrected chi connectivity index (χ1v) is 9.87. The molecule has 2 atom stereocenters. The van der Waals surface area contributed by atoms with Crippen molar-refractivity contribution in [3.63, 3.8) is 0 Å². The van der Waals surface area contributed by atoms with Crippen molar-refractivity contribution in [1.82, 2.24) is 24.6 Å². The fourth-order valence-corrected chi connectivity index (χ4v) is 4.82. The molecule has 2 bridgehead atoms. The van der Waals surface area contributed by atoms with Crippen molar-refractivity contribution >= 4 is 27.5 Å². The Kier molecular flexibility index (Phi) is 3.87. The number of H-pyrrole nitrogens is 1. The van der Waals surface area contributed by atoms with Crippen molar-refractivity contribution in [2.45, 2.75) is 13.3 Å². The van der Waals surface area contributed by atoms with Crippen LogP contribution in [0.3, 0.4) is 0 Å². The van der Waals surface area contributed by atoms with Crippen LogP contribution >= 0.6 is 11.3 Å². The number of amides is 1. The summed E-state index contributed by atoms with van der Waals surface area (Å²) in [5.74, 6) is 1.13. The number of rotatable bonds is 2. The molecule has 0 aromatic carbocycles. The Balaban J connectivity index is 1.47. The van der Waals surface area contributed by atoms with E-state index < -0.39 is 0 Å². The second kappa shape index (κ2) is 6.28. The number of aromatic nitrogens is 4. The van der Waals surface area contributed by atoms with E-state index in [0.717, 1.165) is 32.7 Å². The SMILES string of the molecule is Cc1c(C(=O)N2CC3COCC(C3)C2)cnn1-c1nc2ccsc2c(=O)[nH]1. The van der Waals surface area contributed by atoms with E-state index in [2.05, 4.69) is 15.1 Å². The number of aromatic amines is 1. The summed E-state index contributed by atoms with van der Waals surface area (Å²) in [5.41, 5.74) is 1.65. The zero-order chi connectivity index (χ0) is 18.5. The van der Waals surface area contributed by atoms with Gasteiger partial charge in [0.25, 0.3) is 11.5 Å². The first-order valence-electron chi connectivity index (χ1n) is 8.99. The third-order valence-corrected chi connectivity index (χ3v) is 6.26. The van der Waals surface area contributed by atoms with Gasteiger partial charge in [-0.2, -0.15) is 5.10 Å². The van der Waals surface area contributed by atoms with E-state index in [-0.39, 0.29) is 11.5 Å². The van der Waals surface area contributed by atoms with Crippen molar-refractivity contribution in [2.75, 3.05) is 26.3 Å². The van der Waals surface area contributed by atoms with Crippen molar-refractivity contribution in [3.8, 4) is 5.95 Å². The van der Waals surface area contributed by atoms with Crippen molar-refractivity contribution < 1.29 is 9.53 Å². The molecular formula is C18H19N5O3S. The minimum Gasteiger partial charge on any atom is -0.381 e. The minimum absolute atomic E-state index is 0.0192. The normalized spacial score (nSPS) is 22.3. The molecule has 8 nitrogen and oxygen atoms in total. The molecule has 2 fully saturated rings. The molecule has 27 heavy (non-hydrogen) atoms. The summed E-state index contributed by atoms with van der Waals surface area (Å²) in [6.07, 6.45) is 2.70. The number of carbonyl (C=O) groups is 1. The standard InChI is InChI=1S/C18H19N5O3S/c1-10-13(17(25)22-6-11-4-12(7-22)9-26-8-11)5-19-23(10)18-20-14-2-3-27-15(14)16(24)21-18/h2-3,5,11-12H,4,6-9H2,1H3,(H,20,21,24). The number of nitrogens with one attached hydrogen (secondary N) is 1. The van der Waals surface area contributed by atoms with Gasteiger partial charge in [0.1, 0.15) is 4.70 Å². The molecule has 5 heterocycles. The molecule has 2 aliphatic rings. The molecule has 0 aliphatic carbocycles. The number of fused-ring (bicyclic) bond motifs is 3. The van der Waals surface area contributed by atoms with Gasteiger partial charge >= 0.3 is 0 Å². The van der Waals surface area contributed by atoms with Crippen LogP contribution in [0, 0.1) is 18.8 Å². The predicted octanol–water partition coefficient (Wildman–Crippen LogP) is 1.59. The monoisotopic (exact) mass is 385 g/mol. The van der Waals surface area contributed by atoms with Crippen LogP contribution in [0.15, 0.2) is 22.4 Å². The van der Waals surface area contributed by atoms with Crippen LogP contribution in [0.25, 0.3) is 16.2 Å². The third-order valence-electron chi connectivity index (χ3n) is 5.36. The molecule has 0 saturated carbocycles. The highest BCUT2D eigenvalue weighted by molar-refractivity contribution is 7.17. The number of hydrogen-bond donors (Lipinski definition) is 1. The number of likely N-dealkylation sites (tertiary alicyclic amines) is 1. The molecule has 5 rings (SSSR count). The second-order valence-corrected chi connectivity index (χ2v) is 8.21. The lowest BCUT2D eigenvalue weighted by Crippen LogP contribution is -2.49. The Morgan fingerprint density at radius 3 is 2.89 bits per heavy atom. The van der Waals surface area contributed by atoms with Gasteiger partial charge in [-0.1, -0.05) is 0 Å². The molecule has 0 radical (unpaired) electrons. The minimum atomic E-state index is -0.198. The molecule has 2 aliphatic heterocycles. The van der Waals surface area contributed by atoms with E-state index in [1.807, 2.05) is 17.2 Å². The van der Waals surface area contributed by atoms with Gasteiger partial charge < -0.3 is 9.64 Å². The highest BCUT2D eigenvalue weighted by atomic mass is 32.1. The highest BCUT2D eigenvalue weighted by Gasteiger charge is 2.34. The molecule has 0 spiro atoms. The van der Waals surface area contributed by atoms with Crippen LogP contribution < -0.4 is 5.56 Å². The van der Waals surface area contributed by atoms with Gasteiger partial charge in [-0.15, -0.1) is 11.3 Å². The van der Waals surface area contributed by atoms with Crippen molar-refractivity contribution in [2.24, 2.45) is 11.8 Å². The summed E-state index contributed by atoms with van der Waals surface area (Å²) in [6, 6.07) is 1.80. The van der Waals surface area contributed by atoms with Crippen LogP contribution in [0.4, 0.5) is 0 Å². The van der Waals surface area contributed by atoms with Gasteiger partial charge in [0, 0.05) is 24.9 Å². The Morgan fingerprint density at radius 1 is 1.33 bits per heavy atom. The number of hydrogen-bond acceptors (Lipinski definition) is 6. The van der Waals surface area contributed by atoms with E-state index >= 15 is 0 Å². The van der Waals surface area contributed by atoms with Gasteiger partial charge in [-0.05, 0) is 24.8 Å².